The topological polar surface area (TPSA) is 65.6 Å². The van der Waals surface area contributed by atoms with Crippen LogP contribution >= 0.6 is 0 Å². The predicted octanol–water partition coefficient (Wildman–Crippen LogP) is 5.96. The summed E-state index contributed by atoms with van der Waals surface area (Å²) in [6.07, 6.45) is 8.12. The highest BCUT2D eigenvalue weighted by atomic mass is 16.5. The second-order valence-electron chi connectivity index (χ2n) is 9.36. The van der Waals surface area contributed by atoms with Crippen molar-refractivity contribution in [1.29, 1.82) is 0 Å². The maximum atomic E-state index is 13.7. The summed E-state index contributed by atoms with van der Waals surface area (Å²) >= 11 is 0. The van der Waals surface area contributed by atoms with Crippen LogP contribution < -0.4 is 4.74 Å². The van der Waals surface area contributed by atoms with Crippen molar-refractivity contribution < 1.29 is 14.3 Å². The van der Waals surface area contributed by atoms with E-state index >= 15 is 0 Å². The Bertz CT molecular complexity index is 1110. The number of H-pyrrole nitrogens is 1. The number of carbonyl (C=O) groups excluding carboxylic acids is 2. The second-order valence-corrected chi connectivity index (χ2v) is 9.36. The molecular weight excluding hydrogens is 450 g/mol. The van der Waals surface area contributed by atoms with Gasteiger partial charge in [-0.3, -0.25) is 9.59 Å². The van der Waals surface area contributed by atoms with Gasteiger partial charge in [0, 0.05) is 48.7 Å². The Morgan fingerprint density at radius 3 is 2.36 bits per heavy atom. The molecule has 0 atom stereocenters. The highest BCUT2D eigenvalue weighted by Gasteiger charge is 2.22. The van der Waals surface area contributed by atoms with Gasteiger partial charge < -0.3 is 19.5 Å². The van der Waals surface area contributed by atoms with E-state index in [1.165, 1.54) is 10.9 Å². The first-order valence-electron chi connectivity index (χ1n) is 13.3. The zero-order valence-corrected chi connectivity index (χ0v) is 22.1. The fourth-order valence-electron chi connectivity index (χ4n) is 4.51. The SMILES string of the molecule is CCCCCC(=O)N(CCCC)CC(=O)N(CCc1c[nH]c2ccccc12)Cc1ccccc1OC. The summed E-state index contributed by atoms with van der Waals surface area (Å²) in [7, 11) is 1.65. The number of ether oxygens (including phenoxy) is 1. The van der Waals surface area contributed by atoms with Crippen molar-refractivity contribution in [3.63, 3.8) is 0 Å². The smallest absolute Gasteiger partial charge is 0.242 e. The van der Waals surface area contributed by atoms with Crippen LogP contribution in [0, 0.1) is 0 Å². The lowest BCUT2D eigenvalue weighted by Crippen LogP contribution is -2.43. The number of unbranched alkanes of at least 4 members (excludes halogenated alkanes) is 3. The van der Waals surface area contributed by atoms with Crippen LogP contribution in [-0.2, 0) is 22.6 Å². The average Bonchev–Trinajstić information content (AvgIpc) is 3.32. The number of hydrogen-bond acceptors (Lipinski definition) is 3. The van der Waals surface area contributed by atoms with Gasteiger partial charge in [0.1, 0.15) is 5.75 Å². The molecule has 3 aromatic rings. The highest BCUT2D eigenvalue weighted by molar-refractivity contribution is 5.85. The molecule has 194 valence electrons. The maximum absolute atomic E-state index is 13.7. The van der Waals surface area contributed by atoms with Gasteiger partial charge in [-0.25, -0.2) is 0 Å². The molecule has 0 unspecified atom stereocenters. The molecule has 6 heteroatoms. The number of methoxy groups -OCH3 is 1. The summed E-state index contributed by atoms with van der Waals surface area (Å²) in [5.74, 6) is 0.820. The molecule has 0 saturated heterocycles. The number of para-hydroxylation sites is 2. The van der Waals surface area contributed by atoms with Crippen LogP contribution in [0.3, 0.4) is 0 Å². The van der Waals surface area contributed by atoms with Crippen molar-refractivity contribution in [1.82, 2.24) is 14.8 Å². The Hall–Kier alpha value is -3.28. The number of aromatic nitrogens is 1. The van der Waals surface area contributed by atoms with Gasteiger partial charge in [0.2, 0.25) is 11.8 Å². The third-order valence-electron chi connectivity index (χ3n) is 6.69. The van der Waals surface area contributed by atoms with Gasteiger partial charge in [0.25, 0.3) is 0 Å². The first kappa shape index (κ1) is 27.3. The van der Waals surface area contributed by atoms with Gasteiger partial charge in [-0.05, 0) is 37.0 Å². The molecule has 0 saturated carbocycles. The van der Waals surface area contributed by atoms with Crippen molar-refractivity contribution in [2.75, 3.05) is 26.7 Å². The molecule has 3 rings (SSSR count). The molecule has 0 aliphatic rings. The lowest BCUT2D eigenvalue weighted by atomic mass is 10.1. The number of fused-ring (bicyclic) bond motifs is 1. The van der Waals surface area contributed by atoms with Crippen molar-refractivity contribution in [2.45, 2.75) is 65.3 Å². The van der Waals surface area contributed by atoms with E-state index in [-0.39, 0.29) is 18.4 Å². The molecule has 1 N–H and O–H groups in total. The summed E-state index contributed by atoms with van der Waals surface area (Å²) < 4.78 is 5.55. The number of rotatable bonds is 15. The lowest BCUT2D eigenvalue weighted by Gasteiger charge is -2.28. The number of benzene rings is 2. The zero-order valence-electron chi connectivity index (χ0n) is 22.1. The summed E-state index contributed by atoms with van der Waals surface area (Å²) in [4.78, 5) is 33.6. The van der Waals surface area contributed by atoms with Gasteiger partial charge >= 0.3 is 0 Å². The van der Waals surface area contributed by atoms with E-state index in [2.05, 4.69) is 31.0 Å². The van der Waals surface area contributed by atoms with Crippen molar-refractivity contribution >= 4 is 22.7 Å². The number of nitrogens with one attached hydrogen (secondary N) is 1. The van der Waals surface area contributed by atoms with Crippen LogP contribution in [0.1, 0.15) is 63.5 Å². The van der Waals surface area contributed by atoms with E-state index in [4.69, 9.17) is 4.74 Å². The first-order chi connectivity index (χ1) is 17.6. The van der Waals surface area contributed by atoms with Crippen molar-refractivity contribution in [2.24, 2.45) is 0 Å². The van der Waals surface area contributed by atoms with Crippen LogP contribution in [0.5, 0.6) is 5.75 Å². The fourth-order valence-corrected chi connectivity index (χ4v) is 4.51. The highest BCUT2D eigenvalue weighted by Crippen LogP contribution is 2.22. The van der Waals surface area contributed by atoms with Crippen LogP contribution in [0.25, 0.3) is 10.9 Å². The Kier molecular flexibility index (Phi) is 10.9. The van der Waals surface area contributed by atoms with E-state index < -0.39 is 0 Å². The standard InChI is InChI=1S/C30H41N3O3/c1-4-6-8-17-29(34)32(19-7-5-2)23-30(35)33(22-25-13-9-12-16-28(25)36-3)20-18-24-21-31-27-15-11-10-14-26(24)27/h9-16,21,31H,4-8,17-20,22-23H2,1-3H3. The Balaban J connectivity index is 1.78. The monoisotopic (exact) mass is 491 g/mol. The number of amides is 2. The molecule has 0 fully saturated rings. The Morgan fingerprint density at radius 1 is 0.833 bits per heavy atom. The largest absolute Gasteiger partial charge is 0.496 e. The summed E-state index contributed by atoms with van der Waals surface area (Å²) in [5.41, 5.74) is 3.24. The number of nitrogens with zero attached hydrogens (tertiary/aromatic N) is 2. The molecule has 6 nitrogen and oxygen atoms in total. The number of carbonyl (C=O) groups is 2. The third-order valence-corrected chi connectivity index (χ3v) is 6.69. The summed E-state index contributed by atoms with van der Waals surface area (Å²) in [6, 6.07) is 16.0. The van der Waals surface area contributed by atoms with Gasteiger partial charge in [0.15, 0.2) is 0 Å². The summed E-state index contributed by atoms with van der Waals surface area (Å²) in [5, 5.41) is 1.18. The van der Waals surface area contributed by atoms with E-state index in [0.717, 1.165) is 55.4 Å². The van der Waals surface area contributed by atoms with Gasteiger partial charge in [0.05, 0.1) is 13.7 Å². The zero-order chi connectivity index (χ0) is 25.8. The molecule has 2 amide bonds. The predicted molar refractivity (Wildman–Crippen MR) is 146 cm³/mol. The van der Waals surface area contributed by atoms with Crippen LogP contribution in [0.4, 0.5) is 0 Å². The molecule has 36 heavy (non-hydrogen) atoms. The third kappa shape index (κ3) is 7.61. The van der Waals surface area contributed by atoms with E-state index in [9.17, 15) is 9.59 Å². The maximum Gasteiger partial charge on any atom is 0.242 e. The van der Waals surface area contributed by atoms with E-state index in [1.807, 2.05) is 47.5 Å². The van der Waals surface area contributed by atoms with Crippen molar-refractivity contribution in [3.8, 4) is 5.75 Å². The molecule has 2 aromatic carbocycles. The molecule has 0 radical (unpaired) electrons. The van der Waals surface area contributed by atoms with Crippen molar-refractivity contribution in [3.05, 3.63) is 65.9 Å². The minimum Gasteiger partial charge on any atom is -0.496 e. The number of hydrogen-bond donors (Lipinski definition) is 1. The minimum atomic E-state index is -0.0271. The van der Waals surface area contributed by atoms with Crippen LogP contribution in [0.2, 0.25) is 0 Å². The Labute approximate surface area is 215 Å². The first-order valence-corrected chi connectivity index (χ1v) is 13.3. The Morgan fingerprint density at radius 2 is 1.58 bits per heavy atom. The molecule has 0 aliphatic heterocycles. The van der Waals surface area contributed by atoms with Gasteiger partial charge in [-0.2, -0.15) is 0 Å². The molecule has 0 aliphatic carbocycles. The van der Waals surface area contributed by atoms with E-state index in [0.29, 0.717) is 26.1 Å². The summed E-state index contributed by atoms with van der Waals surface area (Å²) in [6.45, 7) is 5.98. The normalized spacial score (nSPS) is 11.0. The molecule has 0 spiro atoms. The minimum absolute atomic E-state index is 0.0271. The second kappa shape index (κ2) is 14.3. The van der Waals surface area contributed by atoms with E-state index in [1.54, 1.807) is 12.0 Å². The average molecular weight is 492 g/mol. The van der Waals surface area contributed by atoms with Crippen LogP contribution in [0.15, 0.2) is 54.7 Å². The number of aromatic amines is 1. The molecular formula is C30H41N3O3. The quantitative estimate of drug-likeness (QED) is 0.267. The van der Waals surface area contributed by atoms with Gasteiger partial charge in [-0.15, -0.1) is 0 Å². The van der Waals surface area contributed by atoms with Gasteiger partial charge in [-0.1, -0.05) is 69.5 Å². The lowest BCUT2D eigenvalue weighted by molar-refractivity contribution is -0.141. The fraction of sp³-hybridized carbons (Fsp3) is 0.467. The molecule has 0 bridgehead atoms. The molecule has 1 aromatic heterocycles. The molecule has 1 heterocycles. The van der Waals surface area contributed by atoms with Crippen LogP contribution in [-0.4, -0.2) is 53.3 Å².